The van der Waals surface area contributed by atoms with Gasteiger partial charge in [-0.05, 0) is 62.4 Å². The summed E-state index contributed by atoms with van der Waals surface area (Å²) in [6.07, 6.45) is 2.68. The minimum Gasteiger partial charge on any atom is -0.475 e. The molecule has 0 unspecified atom stereocenters. The number of hydrogen-bond acceptors (Lipinski definition) is 5. The van der Waals surface area contributed by atoms with Gasteiger partial charge in [0.15, 0.2) is 5.82 Å². The van der Waals surface area contributed by atoms with Crippen molar-refractivity contribution in [1.82, 2.24) is 9.97 Å². The Morgan fingerprint density at radius 3 is 2.71 bits per heavy atom. The van der Waals surface area contributed by atoms with E-state index in [1.54, 1.807) is 0 Å². The minimum absolute atomic E-state index is 0.0585. The fourth-order valence-corrected chi connectivity index (χ4v) is 3.96. The molecule has 6 heteroatoms. The zero-order valence-corrected chi connectivity index (χ0v) is 18.5. The highest BCUT2D eigenvalue weighted by molar-refractivity contribution is 5.94. The van der Waals surface area contributed by atoms with E-state index in [4.69, 9.17) is 14.7 Å². The summed E-state index contributed by atoms with van der Waals surface area (Å²) in [5, 5.41) is 3.14. The second kappa shape index (κ2) is 9.33. The number of para-hydroxylation sites is 2. The van der Waals surface area contributed by atoms with E-state index >= 15 is 0 Å². The molecule has 1 saturated heterocycles. The first kappa shape index (κ1) is 21.1. The molecule has 1 atom stereocenters. The maximum absolute atomic E-state index is 13.1. The third-order valence-electron chi connectivity index (χ3n) is 5.71. The van der Waals surface area contributed by atoms with Crippen LogP contribution in [-0.2, 0) is 4.79 Å². The first-order valence-electron chi connectivity index (χ1n) is 11.1. The van der Waals surface area contributed by atoms with Crippen molar-refractivity contribution in [2.75, 3.05) is 29.9 Å². The maximum atomic E-state index is 13.1. The SMILES string of the molecule is CCCOc1nc2ccccc2nc1N1CCC[C@@H](C(=O)Nc2cc(C)ccc2C)C1. The van der Waals surface area contributed by atoms with Crippen LogP contribution in [0.2, 0.25) is 0 Å². The van der Waals surface area contributed by atoms with E-state index in [0.717, 1.165) is 59.5 Å². The molecular weight excluding hydrogens is 388 g/mol. The van der Waals surface area contributed by atoms with Crippen molar-refractivity contribution in [2.45, 2.75) is 40.0 Å². The molecule has 4 rings (SSSR count). The van der Waals surface area contributed by atoms with Crippen LogP contribution in [0.3, 0.4) is 0 Å². The van der Waals surface area contributed by atoms with Crippen LogP contribution in [-0.4, -0.2) is 35.6 Å². The van der Waals surface area contributed by atoms with Gasteiger partial charge in [-0.2, -0.15) is 0 Å². The van der Waals surface area contributed by atoms with E-state index in [1.165, 1.54) is 0 Å². The van der Waals surface area contributed by atoms with Crippen molar-refractivity contribution in [3.8, 4) is 5.88 Å². The van der Waals surface area contributed by atoms with Crippen molar-refractivity contribution >= 4 is 28.4 Å². The van der Waals surface area contributed by atoms with E-state index in [-0.39, 0.29) is 11.8 Å². The Kier molecular flexibility index (Phi) is 6.35. The van der Waals surface area contributed by atoms with Crippen LogP contribution in [0.5, 0.6) is 5.88 Å². The lowest BCUT2D eigenvalue weighted by atomic mass is 9.96. The summed E-state index contributed by atoms with van der Waals surface area (Å²) >= 11 is 0. The van der Waals surface area contributed by atoms with Gasteiger partial charge < -0.3 is 15.0 Å². The highest BCUT2D eigenvalue weighted by atomic mass is 16.5. The van der Waals surface area contributed by atoms with Crippen molar-refractivity contribution in [2.24, 2.45) is 5.92 Å². The number of aryl methyl sites for hydroxylation is 2. The van der Waals surface area contributed by atoms with Crippen LogP contribution in [0.1, 0.15) is 37.3 Å². The van der Waals surface area contributed by atoms with Crippen LogP contribution >= 0.6 is 0 Å². The molecule has 0 spiro atoms. The number of nitrogens with zero attached hydrogens (tertiary/aromatic N) is 3. The molecule has 1 amide bonds. The van der Waals surface area contributed by atoms with Crippen LogP contribution in [0, 0.1) is 19.8 Å². The quantitative estimate of drug-likeness (QED) is 0.617. The van der Waals surface area contributed by atoms with Crippen LogP contribution in [0.4, 0.5) is 11.5 Å². The van der Waals surface area contributed by atoms with Crippen LogP contribution < -0.4 is 15.0 Å². The number of aromatic nitrogens is 2. The zero-order valence-electron chi connectivity index (χ0n) is 18.5. The molecule has 0 radical (unpaired) electrons. The van der Waals surface area contributed by atoms with Crippen molar-refractivity contribution < 1.29 is 9.53 Å². The van der Waals surface area contributed by atoms with Gasteiger partial charge in [-0.1, -0.05) is 31.2 Å². The normalized spacial score (nSPS) is 16.4. The molecule has 1 aromatic heterocycles. The van der Waals surface area contributed by atoms with Gasteiger partial charge >= 0.3 is 0 Å². The molecule has 2 heterocycles. The molecule has 3 aromatic rings. The molecule has 1 fully saturated rings. The Morgan fingerprint density at radius 2 is 1.94 bits per heavy atom. The smallest absolute Gasteiger partial charge is 0.258 e. The number of nitrogens with one attached hydrogen (secondary N) is 1. The summed E-state index contributed by atoms with van der Waals surface area (Å²) in [4.78, 5) is 24.8. The van der Waals surface area contributed by atoms with Crippen LogP contribution in [0.25, 0.3) is 11.0 Å². The van der Waals surface area contributed by atoms with Crippen LogP contribution in [0.15, 0.2) is 42.5 Å². The average Bonchev–Trinajstić information content (AvgIpc) is 2.79. The third-order valence-corrected chi connectivity index (χ3v) is 5.71. The van der Waals surface area contributed by atoms with Crippen molar-refractivity contribution in [3.63, 3.8) is 0 Å². The number of fused-ring (bicyclic) bond motifs is 1. The lowest BCUT2D eigenvalue weighted by Gasteiger charge is -2.33. The third kappa shape index (κ3) is 4.79. The summed E-state index contributed by atoms with van der Waals surface area (Å²) < 4.78 is 5.95. The maximum Gasteiger partial charge on any atom is 0.258 e. The largest absolute Gasteiger partial charge is 0.475 e. The molecule has 0 aliphatic carbocycles. The number of carbonyl (C=O) groups is 1. The van der Waals surface area contributed by atoms with Gasteiger partial charge in [0.2, 0.25) is 5.91 Å². The zero-order chi connectivity index (χ0) is 21.8. The molecule has 1 aliphatic heterocycles. The predicted octanol–water partition coefficient (Wildman–Crippen LogP) is 4.89. The molecule has 6 nitrogen and oxygen atoms in total. The van der Waals surface area contributed by atoms with Gasteiger partial charge in [-0.3, -0.25) is 4.79 Å². The Bertz CT molecular complexity index is 1080. The number of rotatable bonds is 6. The van der Waals surface area contributed by atoms with E-state index in [9.17, 15) is 4.79 Å². The molecule has 0 bridgehead atoms. The first-order chi connectivity index (χ1) is 15.0. The molecule has 162 valence electrons. The Balaban J connectivity index is 1.57. The number of anilines is 2. The monoisotopic (exact) mass is 418 g/mol. The van der Waals surface area contributed by atoms with Gasteiger partial charge in [-0.25, -0.2) is 9.97 Å². The fraction of sp³-hybridized carbons (Fsp3) is 0.400. The van der Waals surface area contributed by atoms with Gasteiger partial charge in [0.05, 0.1) is 23.6 Å². The molecule has 2 aromatic carbocycles. The lowest BCUT2D eigenvalue weighted by Crippen LogP contribution is -2.41. The summed E-state index contributed by atoms with van der Waals surface area (Å²) in [6, 6.07) is 14.0. The van der Waals surface area contributed by atoms with Gasteiger partial charge in [-0.15, -0.1) is 0 Å². The number of ether oxygens (including phenoxy) is 1. The summed E-state index contributed by atoms with van der Waals surface area (Å²) in [5.74, 6) is 1.23. The summed E-state index contributed by atoms with van der Waals surface area (Å²) in [7, 11) is 0. The molecule has 31 heavy (non-hydrogen) atoms. The van der Waals surface area contributed by atoms with Gasteiger partial charge in [0, 0.05) is 18.8 Å². The van der Waals surface area contributed by atoms with E-state index in [1.807, 2.05) is 50.2 Å². The Hall–Kier alpha value is -3.15. The van der Waals surface area contributed by atoms with E-state index < -0.39 is 0 Å². The average molecular weight is 419 g/mol. The number of piperidine rings is 1. The highest BCUT2D eigenvalue weighted by Gasteiger charge is 2.29. The summed E-state index contributed by atoms with van der Waals surface area (Å²) in [5.41, 5.74) is 4.75. The number of carbonyl (C=O) groups excluding carboxylic acids is 1. The standard InChI is InChI=1S/C25H30N4O2/c1-4-14-31-25-23(26-20-9-5-6-10-21(20)28-25)29-13-7-8-19(16-29)24(30)27-22-15-17(2)11-12-18(22)3/h5-6,9-12,15,19H,4,7-8,13-14,16H2,1-3H3,(H,27,30)/t19-/m1/s1. The number of amides is 1. The van der Waals surface area contributed by atoms with Gasteiger partial charge in [0.1, 0.15) is 0 Å². The highest BCUT2D eigenvalue weighted by Crippen LogP contribution is 2.31. The van der Waals surface area contributed by atoms with Crippen molar-refractivity contribution in [1.29, 1.82) is 0 Å². The topological polar surface area (TPSA) is 67.4 Å². The van der Waals surface area contributed by atoms with E-state index in [0.29, 0.717) is 19.0 Å². The molecule has 0 saturated carbocycles. The second-order valence-corrected chi connectivity index (χ2v) is 8.28. The fourth-order valence-electron chi connectivity index (χ4n) is 3.96. The first-order valence-corrected chi connectivity index (χ1v) is 11.1. The van der Waals surface area contributed by atoms with Crippen molar-refractivity contribution in [3.05, 3.63) is 53.6 Å². The second-order valence-electron chi connectivity index (χ2n) is 8.28. The predicted molar refractivity (Wildman–Crippen MR) is 125 cm³/mol. The molecule has 1 aliphatic rings. The Morgan fingerprint density at radius 1 is 1.16 bits per heavy atom. The van der Waals surface area contributed by atoms with E-state index in [2.05, 4.69) is 23.2 Å². The lowest BCUT2D eigenvalue weighted by molar-refractivity contribution is -0.120. The summed E-state index contributed by atoms with van der Waals surface area (Å²) in [6.45, 7) is 8.15. The Labute approximate surface area is 183 Å². The van der Waals surface area contributed by atoms with Gasteiger partial charge in [0.25, 0.3) is 5.88 Å². The number of hydrogen-bond donors (Lipinski definition) is 1. The molecule has 1 N–H and O–H groups in total. The minimum atomic E-state index is -0.110. The molecular formula is C25H30N4O2. The number of benzene rings is 2.